The van der Waals surface area contributed by atoms with Gasteiger partial charge in [-0.05, 0) is 43.1 Å². The van der Waals surface area contributed by atoms with Crippen molar-refractivity contribution < 1.29 is 9.47 Å². The van der Waals surface area contributed by atoms with E-state index >= 15 is 0 Å². The summed E-state index contributed by atoms with van der Waals surface area (Å²) < 4.78 is 10.7. The molecule has 1 aromatic heterocycles. The van der Waals surface area contributed by atoms with E-state index in [4.69, 9.17) is 9.47 Å². The number of benzene rings is 1. The summed E-state index contributed by atoms with van der Waals surface area (Å²) in [7, 11) is 3.29. The molecule has 0 amide bonds. The topological polar surface area (TPSA) is 55.4 Å². The summed E-state index contributed by atoms with van der Waals surface area (Å²) in [6.45, 7) is 5.00. The number of nitrogens with one attached hydrogen (secondary N) is 2. The summed E-state index contributed by atoms with van der Waals surface area (Å²) in [5, 5.41) is 8.82. The van der Waals surface area contributed by atoms with E-state index in [9.17, 15) is 0 Å². The number of hydrogen-bond donors (Lipinski definition) is 2. The van der Waals surface area contributed by atoms with Gasteiger partial charge in [-0.15, -0.1) is 0 Å². The Labute approximate surface area is 125 Å². The fourth-order valence-electron chi connectivity index (χ4n) is 2.24. The lowest BCUT2D eigenvalue weighted by Crippen LogP contribution is -2.17. The molecule has 5 nitrogen and oxygen atoms in total. The number of pyridine rings is 1. The third-order valence-corrected chi connectivity index (χ3v) is 3.34. The van der Waals surface area contributed by atoms with Gasteiger partial charge in [-0.25, -0.2) is 4.98 Å². The van der Waals surface area contributed by atoms with Crippen molar-refractivity contribution >= 4 is 16.6 Å². The van der Waals surface area contributed by atoms with Crippen LogP contribution in [0.1, 0.15) is 13.3 Å². The van der Waals surface area contributed by atoms with Crippen LogP contribution in [-0.2, 0) is 0 Å². The summed E-state index contributed by atoms with van der Waals surface area (Å²) in [6, 6.07) is 5.91. The third kappa shape index (κ3) is 3.76. The summed E-state index contributed by atoms with van der Waals surface area (Å²) in [5.74, 6) is 2.33. The zero-order chi connectivity index (χ0) is 15.1. The van der Waals surface area contributed by atoms with Crippen LogP contribution >= 0.6 is 0 Å². The molecule has 0 unspecified atom stereocenters. The molecule has 0 saturated carbocycles. The van der Waals surface area contributed by atoms with Gasteiger partial charge in [0.05, 0.1) is 14.2 Å². The number of methoxy groups -OCH3 is 2. The predicted octanol–water partition coefficient (Wildman–Crippen LogP) is 2.66. The zero-order valence-electron chi connectivity index (χ0n) is 12.9. The fourth-order valence-corrected chi connectivity index (χ4v) is 2.24. The number of anilines is 1. The molecule has 21 heavy (non-hydrogen) atoms. The molecule has 2 N–H and O–H groups in total. The van der Waals surface area contributed by atoms with E-state index in [2.05, 4.69) is 22.5 Å². The highest BCUT2D eigenvalue weighted by Crippen LogP contribution is 2.34. The number of hydrogen-bond acceptors (Lipinski definition) is 5. The highest BCUT2D eigenvalue weighted by molar-refractivity contribution is 5.94. The molecule has 0 aliphatic rings. The van der Waals surface area contributed by atoms with Crippen molar-refractivity contribution in [2.75, 3.05) is 39.2 Å². The van der Waals surface area contributed by atoms with Gasteiger partial charge in [0.1, 0.15) is 5.82 Å². The van der Waals surface area contributed by atoms with Gasteiger partial charge in [0.2, 0.25) is 0 Å². The van der Waals surface area contributed by atoms with Crippen molar-refractivity contribution in [3.8, 4) is 11.5 Å². The first-order chi connectivity index (χ1) is 10.3. The molecular weight excluding hydrogens is 266 g/mol. The van der Waals surface area contributed by atoms with Crippen LogP contribution in [0.5, 0.6) is 11.5 Å². The molecule has 0 bridgehead atoms. The van der Waals surface area contributed by atoms with E-state index in [0.29, 0.717) is 5.75 Å². The van der Waals surface area contributed by atoms with E-state index in [1.165, 1.54) is 0 Å². The normalized spacial score (nSPS) is 10.6. The number of nitrogens with zero attached hydrogens (tertiary/aromatic N) is 1. The van der Waals surface area contributed by atoms with Crippen molar-refractivity contribution in [2.24, 2.45) is 0 Å². The lowest BCUT2D eigenvalue weighted by Gasteiger charge is -2.12. The lowest BCUT2D eigenvalue weighted by molar-refractivity contribution is 0.356. The molecule has 0 aliphatic heterocycles. The Balaban J connectivity index is 2.19. The lowest BCUT2D eigenvalue weighted by atomic mass is 10.1. The van der Waals surface area contributed by atoms with Gasteiger partial charge in [0, 0.05) is 18.1 Å². The Bertz CT molecular complexity index is 587. The molecule has 0 atom stereocenters. The second-order valence-corrected chi connectivity index (χ2v) is 4.72. The van der Waals surface area contributed by atoms with Gasteiger partial charge in [-0.3, -0.25) is 0 Å². The maximum absolute atomic E-state index is 5.37. The Kier molecular flexibility index (Phi) is 5.63. The Morgan fingerprint density at radius 3 is 2.57 bits per heavy atom. The standard InChI is InChI=1S/C16H23N3O2/c1-4-17-7-5-8-18-16-13-11-15(21-3)14(20-2)10-12(13)6-9-19-16/h6,9-11,17H,4-5,7-8H2,1-3H3,(H,18,19). The smallest absolute Gasteiger partial charge is 0.161 e. The van der Waals surface area contributed by atoms with Crippen molar-refractivity contribution in [1.29, 1.82) is 0 Å². The first-order valence-electron chi connectivity index (χ1n) is 7.25. The minimum atomic E-state index is 0.716. The Morgan fingerprint density at radius 2 is 1.86 bits per heavy atom. The highest BCUT2D eigenvalue weighted by atomic mass is 16.5. The summed E-state index contributed by atoms with van der Waals surface area (Å²) >= 11 is 0. The highest BCUT2D eigenvalue weighted by Gasteiger charge is 2.09. The summed E-state index contributed by atoms with van der Waals surface area (Å²) in [4.78, 5) is 4.43. The quantitative estimate of drug-likeness (QED) is 0.732. The van der Waals surface area contributed by atoms with E-state index in [1.807, 2.05) is 18.2 Å². The van der Waals surface area contributed by atoms with Crippen LogP contribution in [0.3, 0.4) is 0 Å². The molecular formula is C16H23N3O2. The first kappa shape index (κ1) is 15.4. The van der Waals surface area contributed by atoms with Gasteiger partial charge in [0.25, 0.3) is 0 Å². The van der Waals surface area contributed by atoms with Crippen LogP contribution < -0.4 is 20.1 Å². The monoisotopic (exact) mass is 289 g/mol. The van der Waals surface area contributed by atoms with Crippen LogP contribution in [0, 0.1) is 0 Å². The summed E-state index contributed by atoms with van der Waals surface area (Å²) in [6.07, 6.45) is 2.86. The Morgan fingerprint density at radius 1 is 1.10 bits per heavy atom. The fraction of sp³-hybridized carbons (Fsp3) is 0.438. The number of ether oxygens (including phenoxy) is 2. The molecule has 2 aromatic rings. The third-order valence-electron chi connectivity index (χ3n) is 3.34. The molecule has 0 fully saturated rings. The van der Waals surface area contributed by atoms with Crippen molar-refractivity contribution in [2.45, 2.75) is 13.3 Å². The van der Waals surface area contributed by atoms with Crippen molar-refractivity contribution in [3.63, 3.8) is 0 Å². The molecule has 2 rings (SSSR count). The van der Waals surface area contributed by atoms with Crippen LogP contribution in [-0.4, -0.2) is 38.8 Å². The predicted molar refractivity (Wildman–Crippen MR) is 86.5 cm³/mol. The van der Waals surface area contributed by atoms with Gasteiger partial charge in [-0.2, -0.15) is 0 Å². The largest absolute Gasteiger partial charge is 0.493 e. The maximum Gasteiger partial charge on any atom is 0.161 e. The van der Waals surface area contributed by atoms with Crippen molar-refractivity contribution in [1.82, 2.24) is 10.3 Å². The van der Waals surface area contributed by atoms with Crippen LogP contribution in [0.4, 0.5) is 5.82 Å². The molecule has 1 heterocycles. The molecule has 114 valence electrons. The van der Waals surface area contributed by atoms with E-state index in [0.717, 1.165) is 48.4 Å². The van der Waals surface area contributed by atoms with Gasteiger partial charge in [-0.1, -0.05) is 6.92 Å². The first-order valence-corrected chi connectivity index (χ1v) is 7.25. The van der Waals surface area contributed by atoms with Gasteiger partial charge < -0.3 is 20.1 Å². The van der Waals surface area contributed by atoms with Crippen LogP contribution in [0.25, 0.3) is 10.8 Å². The average molecular weight is 289 g/mol. The average Bonchev–Trinajstić information content (AvgIpc) is 2.53. The van der Waals surface area contributed by atoms with E-state index in [-0.39, 0.29) is 0 Å². The molecule has 0 aliphatic carbocycles. The minimum absolute atomic E-state index is 0.716. The van der Waals surface area contributed by atoms with Crippen LogP contribution in [0.15, 0.2) is 24.4 Å². The SMILES string of the molecule is CCNCCCNc1nccc2cc(OC)c(OC)cc12. The molecule has 0 radical (unpaired) electrons. The van der Waals surface area contributed by atoms with E-state index < -0.39 is 0 Å². The van der Waals surface area contributed by atoms with Gasteiger partial charge >= 0.3 is 0 Å². The molecule has 0 spiro atoms. The van der Waals surface area contributed by atoms with Crippen LogP contribution in [0.2, 0.25) is 0 Å². The number of aromatic nitrogens is 1. The maximum atomic E-state index is 5.37. The molecule has 1 aromatic carbocycles. The van der Waals surface area contributed by atoms with Gasteiger partial charge in [0.15, 0.2) is 11.5 Å². The Hall–Kier alpha value is -2.01. The minimum Gasteiger partial charge on any atom is -0.493 e. The second-order valence-electron chi connectivity index (χ2n) is 4.72. The molecule has 5 heteroatoms. The zero-order valence-corrected chi connectivity index (χ0v) is 12.9. The van der Waals surface area contributed by atoms with Crippen molar-refractivity contribution in [3.05, 3.63) is 24.4 Å². The number of rotatable bonds is 8. The summed E-state index contributed by atoms with van der Waals surface area (Å²) in [5.41, 5.74) is 0. The van der Waals surface area contributed by atoms with E-state index in [1.54, 1.807) is 20.4 Å². The number of fused-ring (bicyclic) bond motifs is 1. The molecule has 0 saturated heterocycles. The second kappa shape index (κ2) is 7.69.